The summed E-state index contributed by atoms with van der Waals surface area (Å²) in [6.45, 7) is 0. The molecule has 0 fully saturated rings. The molecule has 0 atom stereocenters. The van der Waals surface area contributed by atoms with Crippen LogP contribution in [-0.2, 0) is 5.75 Å². The molecule has 0 aliphatic rings. The molecule has 0 saturated carbocycles. The molecule has 0 radical (unpaired) electrons. The Bertz CT molecular complexity index is 474. The van der Waals surface area contributed by atoms with Crippen LogP contribution in [0, 0.1) is 11.6 Å². The summed E-state index contributed by atoms with van der Waals surface area (Å²) in [6.07, 6.45) is 1.02. The maximum Gasteiger partial charge on any atom is 0.158 e. The van der Waals surface area contributed by atoms with E-state index in [1.54, 1.807) is 0 Å². The summed E-state index contributed by atoms with van der Waals surface area (Å²) in [5.74, 6) is -0.640. The molecule has 1 aromatic carbocycles. The van der Waals surface area contributed by atoms with Gasteiger partial charge in [-0.3, -0.25) is 0 Å². The molecule has 2 rings (SSSR count). The lowest BCUT2D eigenvalue weighted by Gasteiger charge is -2.02. The van der Waals surface area contributed by atoms with Crippen molar-refractivity contribution < 1.29 is 8.78 Å². The van der Waals surface area contributed by atoms with Crippen molar-refractivity contribution in [2.45, 2.75) is 10.8 Å². The van der Waals surface area contributed by atoms with Crippen molar-refractivity contribution in [3.8, 4) is 0 Å². The summed E-state index contributed by atoms with van der Waals surface area (Å²) in [5.41, 5.74) is 1.08. The van der Waals surface area contributed by atoms with E-state index in [0.717, 1.165) is 17.8 Å². The fourth-order valence-electron chi connectivity index (χ4n) is 1.23. The third-order valence-electron chi connectivity index (χ3n) is 1.99. The first-order chi connectivity index (χ1) is 7.75. The van der Waals surface area contributed by atoms with E-state index >= 15 is 0 Å². The third kappa shape index (κ3) is 2.79. The van der Waals surface area contributed by atoms with E-state index in [2.05, 4.69) is 4.98 Å². The quantitative estimate of drug-likeness (QED) is 0.756. The first-order valence-corrected chi connectivity index (χ1v) is 5.72. The lowest BCUT2D eigenvalue weighted by atomic mass is 10.2. The van der Waals surface area contributed by atoms with Gasteiger partial charge >= 0.3 is 0 Å². The Morgan fingerprint density at radius 1 is 1.12 bits per heavy atom. The van der Waals surface area contributed by atoms with Crippen molar-refractivity contribution in [3.05, 3.63) is 59.8 Å². The summed E-state index contributed by atoms with van der Waals surface area (Å²) < 4.78 is 25.8. The Hall–Kier alpha value is -1.42. The molecule has 0 spiro atoms. The van der Waals surface area contributed by atoms with Gasteiger partial charge in [-0.15, -0.1) is 0 Å². The number of benzene rings is 1. The van der Waals surface area contributed by atoms with E-state index in [9.17, 15) is 8.78 Å². The van der Waals surface area contributed by atoms with Crippen LogP contribution in [0.25, 0.3) is 0 Å². The van der Waals surface area contributed by atoms with Crippen LogP contribution in [0.4, 0.5) is 8.78 Å². The van der Waals surface area contributed by atoms with Crippen molar-refractivity contribution >= 4 is 11.8 Å². The van der Waals surface area contributed by atoms with Crippen LogP contribution in [0.1, 0.15) is 5.56 Å². The number of hydrogen-bond donors (Lipinski definition) is 0. The first-order valence-electron chi connectivity index (χ1n) is 4.73. The molecule has 1 heterocycles. The van der Waals surface area contributed by atoms with Gasteiger partial charge in [0.25, 0.3) is 0 Å². The van der Waals surface area contributed by atoms with Gasteiger partial charge in [-0.2, -0.15) is 0 Å². The van der Waals surface area contributed by atoms with Crippen LogP contribution in [0.15, 0.2) is 47.6 Å². The minimum atomic E-state index is -0.651. The monoisotopic (exact) mass is 237 g/mol. The highest BCUT2D eigenvalue weighted by Gasteiger charge is 2.05. The summed E-state index contributed by atoms with van der Waals surface area (Å²) in [6, 6.07) is 10.5. The molecule has 16 heavy (non-hydrogen) atoms. The highest BCUT2D eigenvalue weighted by molar-refractivity contribution is 7.98. The number of halogens is 2. The molecule has 82 valence electrons. The molecule has 0 amide bonds. The van der Waals surface area contributed by atoms with Crippen LogP contribution in [0.3, 0.4) is 0 Å². The molecule has 0 aliphatic carbocycles. The molecule has 0 saturated heterocycles. The Labute approximate surface area is 96.5 Å². The number of pyridine rings is 1. The number of rotatable bonds is 3. The van der Waals surface area contributed by atoms with Gasteiger partial charge in [-0.05, 0) is 5.56 Å². The van der Waals surface area contributed by atoms with Gasteiger partial charge in [0, 0.05) is 11.8 Å². The Balaban J connectivity index is 2.05. The highest BCUT2D eigenvalue weighted by atomic mass is 32.2. The maximum absolute atomic E-state index is 13.2. The van der Waals surface area contributed by atoms with E-state index in [1.807, 2.05) is 30.3 Å². The largest absolute Gasteiger partial charge is 0.244 e. The van der Waals surface area contributed by atoms with Crippen molar-refractivity contribution in [2.75, 3.05) is 0 Å². The Morgan fingerprint density at radius 3 is 2.56 bits per heavy atom. The Morgan fingerprint density at radius 2 is 1.88 bits per heavy atom. The summed E-state index contributed by atoms with van der Waals surface area (Å²) in [5, 5.41) is 0.227. The molecule has 0 aliphatic heterocycles. The van der Waals surface area contributed by atoms with Crippen LogP contribution in [0.2, 0.25) is 0 Å². The van der Waals surface area contributed by atoms with Crippen molar-refractivity contribution in [1.29, 1.82) is 0 Å². The molecule has 0 unspecified atom stereocenters. The minimum Gasteiger partial charge on any atom is -0.244 e. The smallest absolute Gasteiger partial charge is 0.158 e. The van der Waals surface area contributed by atoms with Gasteiger partial charge in [0.15, 0.2) is 5.82 Å². The van der Waals surface area contributed by atoms with Crippen LogP contribution in [-0.4, -0.2) is 4.98 Å². The molecule has 1 aromatic heterocycles. The Kier molecular flexibility index (Phi) is 3.51. The van der Waals surface area contributed by atoms with E-state index in [1.165, 1.54) is 11.8 Å². The average molecular weight is 237 g/mol. The SMILES string of the molecule is Fc1cnc(SCc2ccccc2)c(F)c1. The second-order valence-corrected chi connectivity index (χ2v) is 4.18. The molecule has 4 heteroatoms. The second-order valence-electron chi connectivity index (χ2n) is 3.21. The van der Waals surface area contributed by atoms with Crippen LogP contribution in [0.5, 0.6) is 0 Å². The third-order valence-corrected chi connectivity index (χ3v) is 3.04. The van der Waals surface area contributed by atoms with Crippen molar-refractivity contribution in [2.24, 2.45) is 0 Å². The number of hydrogen-bond acceptors (Lipinski definition) is 2. The summed E-state index contributed by atoms with van der Waals surface area (Å²) >= 11 is 1.26. The van der Waals surface area contributed by atoms with Gasteiger partial charge in [0.05, 0.1) is 6.20 Å². The summed E-state index contributed by atoms with van der Waals surface area (Å²) in [4.78, 5) is 3.71. The van der Waals surface area contributed by atoms with E-state index in [0.29, 0.717) is 5.75 Å². The lowest BCUT2D eigenvalue weighted by molar-refractivity contribution is 0.548. The number of aromatic nitrogens is 1. The number of nitrogens with zero attached hydrogens (tertiary/aromatic N) is 1. The van der Waals surface area contributed by atoms with Crippen LogP contribution >= 0.6 is 11.8 Å². The van der Waals surface area contributed by atoms with E-state index < -0.39 is 11.6 Å². The predicted molar refractivity (Wildman–Crippen MR) is 60.2 cm³/mol. The van der Waals surface area contributed by atoms with Gasteiger partial charge in [0.2, 0.25) is 0 Å². The van der Waals surface area contributed by atoms with Crippen molar-refractivity contribution in [3.63, 3.8) is 0 Å². The van der Waals surface area contributed by atoms with Gasteiger partial charge < -0.3 is 0 Å². The second kappa shape index (κ2) is 5.07. The van der Waals surface area contributed by atoms with Crippen molar-refractivity contribution in [1.82, 2.24) is 4.98 Å². The normalized spacial score (nSPS) is 10.4. The molecule has 0 bridgehead atoms. The zero-order valence-corrected chi connectivity index (χ0v) is 9.18. The zero-order chi connectivity index (χ0) is 11.4. The van der Waals surface area contributed by atoms with Gasteiger partial charge in [-0.1, -0.05) is 42.1 Å². The molecular formula is C12H9F2NS. The fraction of sp³-hybridized carbons (Fsp3) is 0.0833. The van der Waals surface area contributed by atoms with E-state index in [-0.39, 0.29) is 5.03 Å². The first kappa shape index (κ1) is 11.1. The molecule has 0 N–H and O–H groups in total. The molecular weight excluding hydrogens is 228 g/mol. The lowest BCUT2D eigenvalue weighted by Crippen LogP contribution is -1.89. The average Bonchev–Trinajstić information content (AvgIpc) is 2.29. The minimum absolute atomic E-state index is 0.227. The highest BCUT2D eigenvalue weighted by Crippen LogP contribution is 2.23. The maximum atomic E-state index is 13.2. The van der Waals surface area contributed by atoms with Crippen LogP contribution < -0.4 is 0 Å². The predicted octanol–water partition coefficient (Wildman–Crippen LogP) is 3.65. The topological polar surface area (TPSA) is 12.9 Å². The zero-order valence-electron chi connectivity index (χ0n) is 8.36. The van der Waals surface area contributed by atoms with Gasteiger partial charge in [0.1, 0.15) is 10.8 Å². The molecule has 2 aromatic rings. The number of thioether (sulfide) groups is 1. The van der Waals surface area contributed by atoms with Gasteiger partial charge in [-0.25, -0.2) is 13.8 Å². The molecule has 1 nitrogen and oxygen atoms in total. The fourth-order valence-corrected chi connectivity index (χ4v) is 2.05. The van der Waals surface area contributed by atoms with E-state index in [4.69, 9.17) is 0 Å². The summed E-state index contributed by atoms with van der Waals surface area (Å²) in [7, 11) is 0. The standard InChI is InChI=1S/C12H9F2NS/c13-10-6-11(14)12(15-7-10)16-8-9-4-2-1-3-5-9/h1-7H,8H2.